The Bertz CT molecular complexity index is 666. The van der Waals surface area contributed by atoms with Gasteiger partial charge in [-0.15, -0.1) is 3.89 Å². The van der Waals surface area contributed by atoms with Gasteiger partial charge in [-0.3, -0.25) is 4.79 Å². The van der Waals surface area contributed by atoms with Crippen molar-refractivity contribution in [2.75, 3.05) is 22.9 Å². The topological polar surface area (TPSA) is 80.5 Å². The smallest absolute Gasteiger partial charge is 0.302 e. The van der Waals surface area contributed by atoms with Gasteiger partial charge < -0.3 is 10.6 Å². The van der Waals surface area contributed by atoms with E-state index in [1.165, 1.54) is 11.0 Å². The van der Waals surface area contributed by atoms with Crippen LogP contribution in [0.2, 0.25) is 0 Å². The number of nitrogens with zero attached hydrogens (tertiary/aromatic N) is 1. The predicted molar refractivity (Wildman–Crippen MR) is 73.9 cm³/mol. The Balaban J connectivity index is 2.29. The lowest BCUT2D eigenvalue weighted by Gasteiger charge is -2.19. The van der Waals surface area contributed by atoms with Gasteiger partial charge >= 0.3 is 10.2 Å². The first-order valence-corrected chi connectivity index (χ1v) is 7.99. The zero-order valence-electron chi connectivity index (χ0n) is 10.1. The molecule has 110 valence electrons. The minimum Gasteiger partial charge on any atom is -0.395 e. The van der Waals surface area contributed by atoms with Crippen molar-refractivity contribution < 1.29 is 21.5 Å². The number of benzene rings is 1. The van der Waals surface area contributed by atoms with Gasteiger partial charge in [-0.1, -0.05) is 15.9 Å². The van der Waals surface area contributed by atoms with E-state index in [9.17, 15) is 21.5 Å². The summed E-state index contributed by atoms with van der Waals surface area (Å²) in [5, 5.41) is 0. The molecule has 2 rings (SSSR count). The molecule has 0 spiro atoms. The summed E-state index contributed by atoms with van der Waals surface area (Å²) in [6, 6.07) is 2.62. The molecule has 0 saturated carbocycles. The van der Waals surface area contributed by atoms with E-state index in [2.05, 4.69) is 15.9 Å². The minimum atomic E-state index is -4.66. The van der Waals surface area contributed by atoms with Crippen molar-refractivity contribution in [1.82, 2.24) is 0 Å². The van der Waals surface area contributed by atoms with Crippen molar-refractivity contribution in [1.29, 1.82) is 0 Å². The van der Waals surface area contributed by atoms with Crippen LogP contribution in [0.4, 0.5) is 19.7 Å². The summed E-state index contributed by atoms with van der Waals surface area (Å²) in [6.45, 7) is -0.0118. The quantitative estimate of drug-likeness (QED) is 0.651. The number of hydrogen-bond acceptors (Lipinski definition) is 4. The number of rotatable bonds is 3. The molecule has 0 aromatic heterocycles. The van der Waals surface area contributed by atoms with E-state index in [0.717, 1.165) is 6.07 Å². The van der Waals surface area contributed by atoms with E-state index in [4.69, 9.17) is 5.73 Å². The molecule has 1 aromatic rings. The molecule has 1 heterocycles. The lowest BCUT2D eigenvalue weighted by molar-refractivity contribution is -0.117. The largest absolute Gasteiger partial charge is 0.395 e. The van der Waals surface area contributed by atoms with Crippen LogP contribution in [0.5, 0.6) is 0 Å². The minimum absolute atomic E-state index is 0.0118. The molecule has 1 atom stereocenters. The molecule has 1 fully saturated rings. The van der Waals surface area contributed by atoms with Crippen LogP contribution in [-0.2, 0) is 15.0 Å². The average Bonchev–Trinajstić information content (AvgIpc) is 2.62. The molecule has 0 radical (unpaired) electrons. The fourth-order valence-corrected chi connectivity index (χ4v) is 3.41. The van der Waals surface area contributed by atoms with Crippen molar-refractivity contribution >= 4 is 43.4 Å². The molecule has 9 heteroatoms. The van der Waals surface area contributed by atoms with E-state index in [-0.39, 0.29) is 24.3 Å². The fourth-order valence-electron chi connectivity index (χ4n) is 2.20. The maximum Gasteiger partial charge on any atom is 0.302 e. The summed E-state index contributed by atoms with van der Waals surface area (Å²) in [5.41, 5.74) is 5.53. The Hall–Kier alpha value is -1.22. The third kappa shape index (κ3) is 3.26. The number of carbonyl (C=O) groups excluding carboxylic acids is 1. The summed E-state index contributed by atoms with van der Waals surface area (Å²) in [5.74, 6) is -2.50. The highest BCUT2D eigenvalue weighted by molar-refractivity contribution is 9.10. The molecule has 1 aromatic carbocycles. The first kappa shape index (κ1) is 15.2. The molecule has 1 amide bonds. The highest BCUT2D eigenvalue weighted by Gasteiger charge is 2.34. The summed E-state index contributed by atoms with van der Waals surface area (Å²) >= 11 is 3.09. The SMILES string of the molecule is Nc1c(F)cc(Br)cc1N1CC(CS(=O)(=O)F)CC1=O. The number of hydrogen-bond donors (Lipinski definition) is 1. The van der Waals surface area contributed by atoms with Crippen LogP contribution in [0.25, 0.3) is 0 Å². The van der Waals surface area contributed by atoms with Crippen LogP contribution in [-0.4, -0.2) is 26.6 Å². The maximum absolute atomic E-state index is 13.5. The zero-order chi connectivity index (χ0) is 15.1. The second kappa shape index (κ2) is 5.28. The first-order valence-electron chi connectivity index (χ1n) is 5.64. The van der Waals surface area contributed by atoms with Gasteiger partial charge in [0.25, 0.3) is 0 Å². The highest BCUT2D eigenvalue weighted by atomic mass is 79.9. The number of amides is 1. The molecule has 1 aliphatic heterocycles. The molecule has 20 heavy (non-hydrogen) atoms. The third-order valence-electron chi connectivity index (χ3n) is 3.00. The van der Waals surface area contributed by atoms with Crippen LogP contribution in [0.15, 0.2) is 16.6 Å². The normalized spacial score (nSPS) is 19.6. The van der Waals surface area contributed by atoms with Crippen LogP contribution in [0.1, 0.15) is 6.42 Å². The molecular formula is C11H11BrF2N2O3S. The molecule has 1 saturated heterocycles. The summed E-state index contributed by atoms with van der Waals surface area (Å²) in [7, 11) is -4.66. The lowest BCUT2D eigenvalue weighted by Crippen LogP contribution is -2.26. The zero-order valence-corrected chi connectivity index (χ0v) is 12.5. The molecule has 0 bridgehead atoms. The van der Waals surface area contributed by atoms with E-state index >= 15 is 0 Å². The Morgan fingerprint density at radius 1 is 1.45 bits per heavy atom. The van der Waals surface area contributed by atoms with Gasteiger partial charge in [-0.05, 0) is 12.1 Å². The summed E-state index contributed by atoms with van der Waals surface area (Å²) in [4.78, 5) is 13.0. The van der Waals surface area contributed by atoms with Gasteiger partial charge in [0.2, 0.25) is 5.91 Å². The lowest BCUT2D eigenvalue weighted by atomic mass is 10.1. The van der Waals surface area contributed by atoms with E-state index in [0.29, 0.717) is 4.47 Å². The van der Waals surface area contributed by atoms with Gasteiger partial charge in [-0.2, -0.15) is 8.42 Å². The highest BCUT2D eigenvalue weighted by Crippen LogP contribution is 2.34. The average molecular weight is 369 g/mol. The Morgan fingerprint density at radius 3 is 2.70 bits per heavy atom. The van der Waals surface area contributed by atoms with E-state index < -0.39 is 33.6 Å². The first-order chi connectivity index (χ1) is 9.17. The summed E-state index contributed by atoms with van der Waals surface area (Å²) in [6.07, 6.45) is -0.114. The molecule has 2 N–H and O–H groups in total. The predicted octanol–water partition coefficient (Wildman–Crippen LogP) is 1.82. The third-order valence-corrected chi connectivity index (χ3v) is 4.33. The Kier molecular flexibility index (Phi) is 4.01. The monoisotopic (exact) mass is 368 g/mol. The molecular weight excluding hydrogens is 358 g/mol. The molecule has 1 unspecified atom stereocenters. The summed E-state index contributed by atoms with van der Waals surface area (Å²) < 4.78 is 47.8. The van der Waals surface area contributed by atoms with Crippen LogP contribution >= 0.6 is 15.9 Å². The van der Waals surface area contributed by atoms with Crippen molar-refractivity contribution in [2.45, 2.75) is 6.42 Å². The molecule has 5 nitrogen and oxygen atoms in total. The molecule has 0 aliphatic carbocycles. The Morgan fingerprint density at radius 2 is 2.10 bits per heavy atom. The fraction of sp³-hybridized carbons (Fsp3) is 0.364. The van der Waals surface area contributed by atoms with Gasteiger partial charge in [0.15, 0.2) is 0 Å². The van der Waals surface area contributed by atoms with Gasteiger partial charge in [0.05, 0.1) is 17.1 Å². The van der Waals surface area contributed by atoms with Crippen molar-refractivity contribution in [2.24, 2.45) is 5.92 Å². The van der Waals surface area contributed by atoms with Gasteiger partial charge in [0, 0.05) is 23.4 Å². The van der Waals surface area contributed by atoms with Crippen molar-refractivity contribution in [3.05, 3.63) is 22.4 Å². The number of carbonyl (C=O) groups is 1. The standard InChI is InChI=1S/C11H11BrF2N2O3S/c12-7-2-8(13)11(15)9(3-7)16-4-6(1-10(16)17)5-20(14,18)19/h2-3,6H,1,4-5,15H2. The Labute approximate surface area is 123 Å². The second-order valence-electron chi connectivity index (χ2n) is 4.60. The van der Waals surface area contributed by atoms with Crippen LogP contribution in [0.3, 0.4) is 0 Å². The van der Waals surface area contributed by atoms with Gasteiger partial charge in [0.1, 0.15) is 5.82 Å². The van der Waals surface area contributed by atoms with Crippen molar-refractivity contribution in [3.8, 4) is 0 Å². The van der Waals surface area contributed by atoms with Gasteiger partial charge in [-0.25, -0.2) is 4.39 Å². The van der Waals surface area contributed by atoms with Crippen molar-refractivity contribution in [3.63, 3.8) is 0 Å². The number of anilines is 2. The van der Waals surface area contributed by atoms with Crippen LogP contribution < -0.4 is 10.6 Å². The number of halogens is 3. The molecule has 1 aliphatic rings. The van der Waals surface area contributed by atoms with E-state index in [1.807, 2.05) is 0 Å². The maximum atomic E-state index is 13.5. The van der Waals surface area contributed by atoms with Crippen LogP contribution in [0, 0.1) is 11.7 Å². The number of nitrogens with two attached hydrogens (primary N) is 1. The van der Waals surface area contributed by atoms with E-state index in [1.54, 1.807) is 0 Å². The second-order valence-corrected chi connectivity index (χ2v) is 6.93. The number of nitrogen functional groups attached to an aromatic ring is 1.